The highest BCUT2D eigenvalue weighted by Crippen LogP contribution is 2.25. The summed E-state index contributed by atoms with van der Waals surface area (Å²) in [6.45, 7) is 2.40. The number of carbonyl (C=O) groups excluding carboxylic acids is 2. The van der Waals surface area contributed by atoms with Gasteiger partial charge in [-0.25, -0.2) is 4.79 Å². The Balaban J connectivity index is 1.66. The summed E-state index contributed by atoms with van der Waals surface area (Å²) in [7, 11) is 0. The van der Waals surface area contributed by atoms with Crippen molar-refractivity contribution in [2.24, 2.45) is 0 Å². The van der Waals surface area contributed by atoms with Gasteiger partial charge in [0.15, 0.2) is 0 Å². The van der Waals surface area contributed by atoms with E-state index in [2.05, 4.69) is 11.4 Å². The maximum absolute atomic E-state index is 12.8. The number of hydrogen-bond acceptors (Lipinski definition) is 3. The number of amides is 3. The summed E-state index contributed by atoms with van der Waals surface area (Å²) in [5.74, 6) is -0.358. The molecule has 4 rings (SSSR count). The Labute approximate surface area is 162 Å². The maximum Gasteiger partial charge on any atom is 0.329 e. The van der Waals surface area contributed by atoms with Crippen LogP contribution in [0, 0.1) is 18.3 Å². The summed E-state index contributed by atoms with van der Waals surface area (Å²) >= 11 is 0. The summed E-state index contributed by atoms with van der Waals surface area (Å²) in [6.07, 6.45) is 3.50. The number of imide groups is 1. The van der Waals surface area contributed by atoms with E-state index in [1.54, 1.807) is 6.08 Å². The third-order valence-corrected chi connectivity index (χ3v) is 4.75. The molecule has 1 N–H and O–H groups in total. The molecule has 28 heavy (non-hydrogen) atoms. The topological polar surface area (TPSA) is 78.1 Å². The van der Waals surface area contributed by atoms with Crippen molar-refractivity contribution in [1.82, 2.24) is 14.8 Å². The number of benzene rings is 2. The molecule has 6 nitrogen and oxygen atoms in total. The van der Waals surface area contributed by atoms with E-state index in [9.17, 15) is 9.59 Å². The predicted molar refractivity (Wildman–Crippen MR) is 106 cm³/mol. The lowest BCUT2D eigenvalue weighted by Crippen LogP contribution is -2.30. The molecule has 1 aromatic heterocycles. The molecule has 3 aromatic rings. The lowest BCUT2D eigenvalue weighted by atomic mass is 10.1. The van der Waals surface area contributed by atoms with Gasteiger partial charge in [-0.15, -0.1) is 0 Å². The van der Waals surface area contributed by atoms with E-state index < -0.39 is 6.03 Å². The number of hydrogen-bond donors (Lipinski definition) is 1. The minimum Gasteiger partial charge on any atom is -0.333 e. The Bertz CT molecular complexity index is 1170. The fraction of sp³-hybridized carbons (Fsp3) is 0.136. The van der Waals surface area contributed by atoms with Crippen LogP contribution in [0.15, 0.2) is 60.4 Å². The van der Waals surface area contributed by atoms with E-state index in [-0.39, 0.29) is 24.7 Å². The first kappa shape index (κ1) is 17.6. The number of para-hydroxylation sites is 1. The van der Waals surface area contributed by atoms with Gasteiger partial charge in [-0.1, -0.05) is 48.0 Å². The average molecular weight is 370 g/mol. The monoisotopic (exact) mass is 370 g/mol. The molecule has 0 atom stereocenters. The van der Waals surface area contributed by atoms with E-state index in [4.69, 9.17) is 5.26 Å². The average Bonchev–Trinajstić information content (AvgIpc) is 3.15. The van der Waals surface area contributed by atoms with E-state index in [1.165, 1.54) is 4.90 Å². The minimum absolute atomic E-state index is 0.212. The third-order valence-electron chi connectivity index (χ3n) is 4.75. The summed E-state index contributed by atoms with van der Waals surface area (Å²) in [5, 5.41) is 12.6. The van der Waals surface area contributed by atoms with E-state index in [0.29, 0.717) is 0 Å². The number of urea groups is 1. The molecule has 1 saturated heterocycles. The molecule has 0 unspecified atom stereocenters. The second-order valence-electron chi connectivity index (χ2n) is 6.76. The van der Waals surface area contributed by atoms with Crippen LogP contribution < -0.4 is 5.32 Å². The van der Waals surface area contributed by atoms with Gasteiger partial charge in [0.25, 0.3) is 5.91 Å². The van der Waals surface area contributed by atoms with Gasteiger partial charge in [0.05, 0.1) is 12.6 Å². The van der Waals surface area contributed by atoms with Crippen molar-refractivity contribution in [2.75, 3.05) is 0 Å². The van der Waals surface area contributed by atoms with Crippen LogP contribution in [0.1, 0.15) is 16.7 Å². The third kappa shape index (κ3) is 3.14. The summed E-state index contributed by atoms with van der Waals surface area (Å²) in [6, 6.07) is 17.1. The molecule has 2 aromatic carbocycles. The van der Waals surface area contributed by atoms with Gasteiger partial charge < -0.3 is 9.88 Å². The van der Waals surface area contributed by atoms with Crippen molar-refractivity contribution in [3.05, 3.63) is 77.1 Å². The van der Waals surface area contributed by atoms with Gasteiger partial charge in [-0.05, 0) is 24.6 Å². The highest BCUT2D eigenvalue weighted by atomic mass is 16.2. The van der Waals surface area contributed by atoms with Gasteiger partial charge in [-0.2, -0.15) is 5.26 Å². The Hall–Kier alpha value is -3.85. The van der Waals surface area contributed by atoms with Crippen LogP contribution in [0.3, 0.4) is 0 Å². The molecule has 3 amide bonds. The van der Waals surface area contributed by atoms with Crippen molar-refractivity contribution in [1.29, 1.82) is 5.26 Å². The summed E-state index contributed by atoms with van der Waals surface area (Å²) in [5.41, 5.74) is 3.90. The number of aromatic nitrogens is 1. The molecule has 1 aliphatic rings. The molecule has 1 fully saturated rings. The number of aryl methyl sites for hydroxylation is 1. The smallest absolute Gasteiger partial charge is 0.329 e. The first-order valence-electron chi connectivity index (χ1n) is 8.92. The molecule has 0 spiro atoms. The van der Waals surface area contributed by atoms with Crippen molar-refractivity contribution in [3.8, 4) is 6.07 Å². The number of nitriles is 1. The van der Waals surface area contributed by atoms with Crippen molar-refractivity contribution < 1.29 is 9.59 Å². The summed E-state index contributed by atoms with van der Waals surface area (Å²) in [4.78, 5) is 26.3. The van der Waals surface area contributed by atoms with E-state index >= 15 is 0 Å². The zero-order valence-corrected chi connectivity index (χ0v) is 15.3. The fourth-order valence-corrected chi connectivity index (χ4v) is 3.46. The quantitative estimate of drug-likeness (QED) is 0.563. The highest BCUT2D eigenvalue weighted by Gasteiger charge is 2.33. The molecule has 138 valence electrons. The maximum atomic E-state index is 12.8. The Morgan fingerprint density at radius 3 is 2.75 bits per heavy atom. The lowest BCUT2D eigenvalue weighted by molar-refractivity contribution is -0.123. The molecule has 1 aliphatic heterocycles. The zero-order valence-electron chi connectivity index (χ0n) is 15.3. The first-order valence-corrected chi connectivity index (χ1v) is 8.92. The van der Waals surface area contributed by atoms with Gasteiger partial charge in [0.1, 0.15) is 12.2 Å². The number of nitrogens with one attached hydrogen (secondary N) is 1. The molecular weight excluding hydrogens is 352 g/mol. The van der Waals surface area contributed by atoms with Crippen LogP contribution in [0.2, 0.25) is 0 Å². The zero-order chi connectivity index (χ0) is 19.7. The van der Waals surface area contributed by atoms with E-state index in [1.807, 2.05) is 66.2 Å². The molecule has 0 aliphatic carbocycles. The molecule has 6 heteroatoms. The second kappa shape index (κ2) is 7.05. The number of carbonyl (C=O) groups is 2. The number of rotatable bonds is 4. The standard InChI is InChI=1S/C22H18N4O2/c1-15-5-4-6-16(11-15)13-26-21(27)19(24-22(26)28)12-17-14-25(10-9-23)20-8-3-2-7-18(17)20/h2-8,11-12,14H,10,13H2,1H3,(H,24,28)/b19-12+. The predicted octanol–water partition coefficient (Wildman–Crippen LogP) is 3.57. The molecule has 0 bridgehead atoms. The van der Waals surface area contributed by atoms with Crippen LogP contribution in [-0.4, -0.2) is 21.4 Å². The summed E-state index contributed by atoms with van der Waals surface area (Å²) < 4.78 is 1.83. The Morgan fingerprint density at radius 2 is 1.96 bits per heavy atom. The van der Waals surface area contributed by atoms with Crippen LogP contribution in [0.4, 0.5) is 4.79 Å². The van der Waals surface area contributed by atoms with Crippen molar-refractivity contribution >= 4 is 28.9 Å². The Kier molecular flexibility index (Phi) is 4.42. The van der Waals surface area contributed by atoms with Crippen molar-refractivity contribution in [3.63, 3.8) is 0 Å². The second-order valence-corrected chi connectivity index (χ2v) is 6.76. The van der Waals surface area contributed by atoms with Crippen molar-refractivity contribution in [2.45, 2.75) is 20.0 Å². The van der Waals surface area contributed by atoms with Crippen LogP contribution in [0.5, 0.6) is 0 Å². The highest BCUT2D eigenvalue weighted by molar-refractivity contribution is 6.14. The Morgan fingerprint density at radius 1 is 1.14 bits per heavy atom. The van der Waals surface area contributed by atoms with Gasteiger partial charge in [0.2, 0.25) is 0 Å². The number of fused-ring (bicyclic) bond motifs is 1. The van der Waals surface area contributed by atoms with Gasteiger partial charge in [-0.3, -0.25) is 9.69 Å². The first-order chi connectivity index (χ1) is 13.6. The molecule has 0 radical (unpaired) electrons. The van der Waals surface area contributed by atoms with Crippen LogP contribution in [-0.2, 0) is 17.9 Å². The lowest BCUT2D eigenvalue weighted by Gasteiger charge is -2.12. The van der Waals surface area contributed by atoms with Gasteiger partial charge >= 0.3 is 6.03 Å². The molecule has 2 heterocycles. The largest absolute Gasteiger partial charge is 0.333 e. The number of nitrogens with zero attached hydrogens (tertiary/aromatic N) is 3. The van der Waals surface area contributed by atoms with Crippen LogP contribution in [0.25, 0.3) is 17.0 Å². The normalized spacial score (nSPS) is 15.3. The fourth-order valence-electron chi connectivity index (χ4n) is 3.46. The molecule has 0 saturated carbocycles. The molecular formula is C22H18N4O2. The van der Waals surface area contributed by atoms with Crippen LogP contribution >= 0.6 is 0 Å². The SMILES string of the molecule is Cc1cccc(CN2C(=O)N/C(=C/c3cn(CC#N)c4ccccc34)C2=O)c1. The minimum atomic E-state index is -0.432. The van der Waals surface area contributed by atoms with E-state index in [0.717, 1.165) is 27.6 Å². The van der Waals surface area contributed by atoms with Gasteiger partial charge in [0, 0.05) is 22.7 Å².